The summed E-state index contributed by atoms with van der Waals surface area (Å²) in [5.74, 6) is -0.324. The number of nitrogens with zero attached hydrogens (tertiary/aromatic N) is 3. The Morgan fingerprint density at radius 3 is 2.73 bits per heavy atom. The number of carbonyl (C=O) groups is 1. The van der Waals surface area contributed by atoms with Gasteiger partial charge in [0.25, 0.3) is 5.91 Å². The summed E-state index contributed by atoms with van der Waals surface area (Å²) in [7, 11) is 0. The van der Waals surface area contributed by atoms with E-state index in [0.29, 0.717) is 11.4 Å². The largest absolute Gasteiger partial charge is 0.298 e. The highest BCUT2D eigenvalue weighted by molar-refractivity contribution is 8.13. The number of aromatic nitrogens is 2. The molecule has 0 bridgehead atoms. The first-order chi connectivity index (χ1) is 7.04. The smallest absolute Gasteiger partial charge is 0.265 e. The van der Waals surface area contributed by atoms with Crippen LogP contribution >= 0.6 is 11.8 Å². The summed E-state index contributed by atoms with van der Waals surface area (Å²) >= 11 is 1.44. The van der Waals surface area contributed by atoms with Gasteiger partial charge in [0, 0.05) is 6.20 Å². The number of aryl methyl sites for hydroxylation is 2. The van der Waals surface area contributed by atoms with Crippen molar-refractivity contribution in [2.45, 2.75) is 20.8 Å². The molecular formula is C10H13N3OS. The Morgan fingerprint density at radius 2 is 2.13 bits per heavy atom. The van der Waals surface area contributed by atoms with Crippen LogP contribution in [0.5, 0.6) is 0 Å². The van der Waals surface area contributed by atoms with Crippen LogP contribution in [0.25, 0.3) is 0 Å². The number of hydrogen-bond donors (Lipinski definition) is 0. The van der Waals surface area contributed by atoms with E-state index in [1.165, 1.54) is 11.8 Å². The van der Waals surface area contributed by atoms with E-state index in [4.69, 9.17) is 0 Å². The molecule has 0 radical (unpaired) electrons. The van der Waals surface area contributed by atoms with Crippen molar-refractivity contribution >= 4 is 22.7 Å². The fraction of sp³-hybridized carbons (Fsp3) is 0.400. The molecule has 5 heteroatoms. The van der Waals surface area contributed by atoms with Crippen LogP contribution in [-0.4, -0.2) is 27.2 Å². The summed E-state index contributed by atoms with van der Waals surface area (Å²) in [4.78, 5) is 23.8. The van der Waals surface area contributed by atoms with Gasteiger partial charge < -0.3 is 0 Å². The van der Waals surface area contributed by atoms with Crippen molar-refractivity contribution in [2.24, 2.45) is 4.99 Å². The lowest BCUT2D eigenvalue weighted by Gasteiger charge is -2.01. The van der Waals surface area contributed by atoms with E-state index in [1.54, 1.807) is 27.0 Å². The van der Waals surface area contributed by atoms with E-state index >= 15 is 0 Å². The van der Waals surface area contributed by atoms with Crippen molar-refractivity contribution in [3.8, 4) is 0 Å². The Kier molecular flexibility index (Phi) is 3.96. The van der Waals surface area contributed by atoms with Crippen molar-refractivity contribution in [1.82, 2.24) is 9.97 Å². The zero-order valence-electron chi connectivity index (χ0n) is 9.24. The van der Waals surface area contributed by atoms with Crippen molar-refractivity contribution in [2.75, 3.05) is 6.26 Å². The van der Waals surface area contributed by atoms with Gasteiger partial charge in [-0.25, -0.2) is 9.98 Å². The van der Waals surface area contributed by atoms with Gasteiger partial charge in [-0.3, -0.25) is 9.78 Å². The number of hydrogen-bond acceptors (Lipinski definition) is 4. The molecule has 1 aromatic rings. The van der Waals surface area contributed by atoms with E-state index < -0.39 is 0 Å². The van der Waals surface area contributed by atoms with E-state index in [1.807, 2.05) is 6.26 Å². The third-order valence-electron chi connectivity index (χ3n) is 1.83. The van der Waals surface area contributed by atoms with E-state index in [-0.39, 0.29) is 5.91 Å². The molecule has 0 aliphatic heterocycles. The molecule has 0 aliphatic rings. The highest BCUT2D eigenvalue weighted by atomic mass is 32.2. The Labute approximate surface area is 93.2 Å². The lowest BCUT2D eigenvalue weighted by Crippen LogP contribution is -2.06. The predicted octanol–water partition coefficient (Wildman–Crippen LogP) is 2.02. The predicted molar refractivity (Wildman–Crippen MR) is 62.5 cm³/mol. The van der Waals surface area contributed by atoms with Gasteiger partial charge in [0.1, 0.15) is 0 Å². The summed E-state index contributed by atoms with van der Waals surface area (Å²) in [6, 6.07) is 0. The molecule has 4 nitrogen and oxygen atoms in total. The van der Waals surface area contributed by atoms with Crippen LogP contribution in [0, 0.1) is 13.8 Å². The molecule has 80 valence electrons. The molecular weight excluding hydrogens is 210 g/mol. The first kappa shape index (κ1) is 11.8. The monoisotopic (exact) mass is 223 g/mol. The molecule has 1 rings (SSSR count). The second kappa shape index (κ2) is 5.02. The van der Waals surface area contributed by atoms with Crippen LogP contribution in [0.2, 0.25) is 0 Å². The Balaban J connectivity index is 3.06. The number of rotatable bonds is 1. The average molecular weight is 223 g/mol. The zero-order chi connectivity index (χ0) is 11.4. The summed E-state index contributed by atoms with van der Waals surface area (Å²) in [6.45, 7) is 5.35. The number of thioether (sulfide) groups is 1. The number of amides is 1. The fourth-order valence-electron chi connectivity index (χ4n) is 0.982. The Bertz CT molecular complexity index is 415. The first-order valence-corrected chi connectivity index (χ1v) is 5.71. The summed E-state index contributed by atoms with van der Waals surface area (Å²) in [5, 5.41) is 0.725. The molecule has 0 spiro atoms. The third-order valence-corrected chi connectivity index (χ3v) is 2.51. The van der Waals surface area contributed by atoms with E-state index in [0.717, 1.165) is 10.7 Å². The zero-order valence-corrected chi connectivity index (χ0v) is 10.1. The summed E-state index contributed by atoms with van der Waals surface area (Å²) in [5.41, 5.74) is 1.67. The van der Waals surface area contributed by atoms with Gasteiger partial charge in [-0.15, -0.1) is 11.8 Å². The van der Waals surface area contributed by atoms with Crippen molar-refractivity contribution in [3.05, 3.63) is 23.3 Å². The molecule has 0 unspecified atom stereocenters. The average Bonchev–Trinajstić information content (AvgIpc) is 2.21. The van der Waals surface area contributed by atoms with Crippen LogP contribution in [0.4, 0.5) is 0 Å². The van der Waals surface area contributed by atoms with Crippen LogP contribution in [0.1, 0.15) is 28.8 Å². The summed E-state index contributed by atoms with van der Waals surface area (Å²) < 4.78 is 0. The van der Waals surface area contributed by atoms with Crippen LogP contribution in [0.15, 0.2) is 11.2 Å². The topological polar surface area (TPSA) is 55.2 Å². The van der Waals surface area contributed by atoms with Crippen LogP contribution in [0.3, 0.4) is 0 Å². The molecule has 0 N–H and O–H groups in total. The van der Waals surface area contributed by atoms with Gasteiger partial charge in [-0.05, 0) is 27.0 Å². The minimum atomic E-state index is -0.324. The normalized spacial score (nSPS) is 11.6. The molecule has 0 fully saturated rings. The lowest BCUT2D eigenvalue weighted by molar-refractivity contribution is 0.0997. The molecule has 0 saturated carbocycles. The maximum atomic E-state index is 11.7. The van der Waals surface area contributed by atoms with Gasteiger partial charge >= 0.3 is 0 Å². The molecule has 0 atom stereocenters. The molecule has 1 heterocycles. The van der Waals surface area contributed by atoms with Crippen LogP contribution in [-0.2, 0) is 0 Å². The summed E-state index contributed by atoms with van der Waals surface area (Å²) in [6.07, 6.45) is 3.51. The molecule has 0 aromatic carbocycles. The van der Waals surface area contributed by atoms with Crippen molar-refractivity contribution < 1.29 is 4.79 Å². The van der Waals surface area contributed by atoms with Gasteiger partial charge in [-0.1, -0.05) is 0 Å². The van der Waals surface area contributed by atoms with Crippen molar-refractivity contribution in [1.29, 1.82) is 0 Å². The second-order valence-electron chi connectivity index (χ2n) is 3.09. The van der Waals surface area contributed by atoms with E-state index in [2.05, 4.69) is 15.0 Å². The minimum absolute atomic E-state index is 0.324. The number of carbonyl (C=O) groups excluding carboxylic acids is 1. The van der Waals surface area contributed by atoms with Gasteiger partial charge in [0.05, 0.1) is 16.4 Å². The SMILES string of the molecule is CSC(C)=NC(=O)c1nc(C)cnc1C. The molecule has 1 aromatic heterocycles. The Hall–Kier alpha value is -1.23. The number of aliphatic imine (C=N–C) groups is 1. The maximum absolute atomic E-state index is 11.7. The standard InChI is InChI=1S/C10H13N3OS/c1-6-5-11-7(2)9(12-6)10(14)13-8(3)15-4/h5H,1-4H3. The van der Waals surface area contributed by atoms with Crippen LogP contribution < -0.4 is 0 Å². The third kappa shape index (κ3) is 3.13. The van der Waals surface area contributed by atoms with Crippen molar-refractivity contribution in [3.63, 3.8) is 0 Å². The highest BCUT2D eigenvalue weighted by Crippen LogP contribution is 2.06. The van der Waals surface area contributed by atoms with Gasteiger partial charge in [0.2, 0.25) is 0 Å². The molecule has 15 heavy (non-hydrogen) atoms. The molecule has 0 saturated heterocycles. The fourth-order valence-corrected chi connectivity index (χ4v) is 1.16. The van der Waals surface area contributed by atoms with Gasteiger partial charge in [0.15, 0.2) is 5.69 Å². The minimum Gasteiger partial charge on any atom is -0.265 e. The van der Waals surface area contributed by atoms with E-state index in [9.17, 15) is 4.79 Å². The first-order valence-electron chi connectivity index (χ1n) is 4.48. The van der Waals surface area contributed by atoms with Gasteiger partial charge in [-0.2, -0.15) is 0 Å². The lowest BCUT2D eigenvalue weighted by atomic mass is 10.3. The second-order valence-corrected chi connectivity index (χ2v) is 4.08. The maximum Gasteiger partial charge on any atom is 0.298 e. The molecule has 0 aliphatic carbocycles. The quantitative estimate of drug-likeness (QED) is 0.540. The molecule has 1 amide bonds. The highest BCUT2D eigenvalue weighted by Gasteiger charge is 2.11. The Morgan fingerprint density at radius 1 is 1.47 bits per heavy atom.